The number of hydrogen-bond acceptors (Lipinski definition) is 3. The molecule has 0 saturated heterocycles. The van der Waals surface area contributed by atoms with Crippen LogP contribution >= 0.6 is 23.1 Å². The summed E-state index contributed by atoms with van der Waals surface area (Å²) in [5.74, 6) is 0.840. The van der Waals surface area contributed by atoms with E-state index in [-0.39, 0.29) is 0 Å². The summed E-state index contributed by atoms with van der Waals surface area (Å²) in [6, 6.07) is 9.67. The molecule has 0 aliphatic heterocycles. The van der Waals surface area contributed by atoms with Crippen molar-refractivity contribution < 1.29 is 4.74 Å². The van der Waals surface area contributed by atoms with Crippen molar-refractivity contribution in [1.29, 1.82) is 0 Å². The van der Waals surface area contributed by atoms with E-state index in [4.69, 9.17) is 16.3 Å². The number of benzene rings is 1. The standard InChI is InChI=1S/C10H8ClNOS/c1-13-8-4-2-3-7(5-8)9-6-10(11)12-14-9/h2-6H,1H3. The van der Waals surface area contributed by atoms with Crippen LogP contribution in [-0.4, -0.2) is 11.5 Å². The summed E-state index contributed by atoms with van der Waals surface area (Å²) in [4.78, 5) is 1.05. The molecule has 0 unspecified atom stereocenters. The van der Waals surface area contributed by atoms with Crippen LogP contribution in [0, 0.1) is 0 Å². The molecular formula is C10H8ClNOS. The van der Waals surface area contributed by atoms with E-state index >= 15 is 0 Å². The molecule has 4 heteroatoms. The van der Waals surface area contributed by atoms with Crippen LogP contribution in [0.15, 0.2) is 30.3 Å². The van der Waals surface area contributed by atoms with Gasteiger partial charge in [0, 0.05) is 0 Å². The molecule has 0 aliphatic carbocycles. The lowest BCUT2D eigenvalue weighted by atomic mass is 10.2. The number of halogens is 1. The van der Waals surface area contributed by atoms with Crippen LogP contribution in [0.1, 0.15) is 0 Å². The Balaban J connectivity index is 2.41. The summed E-state index contributed by atoms with van der Waals surface area (Å²) >= 11 is 7.14. The zero-order valence-electron chi connectivity index (χ0n) is 7.53. The Morgan fingerprint density at radius 1 is 1.36 bits per heavy atom. The summed E-state index contributed by atoms with van der Waals surface area (Å²) in [5, 5.41) is 0.535. The number of ether oxygens (including phenoxy) is 1. The lowest BCUT2D eigenvalue weighted by molar-refractivity contribution is 0.415. The molecule has 1 aromatic heterocycles. The first kappa shape index (κ1) is 9.49. The molecule has 0 aliphatic rings. The van der Waals surface area contributed by atoms with Gasteiger partial charge in [-0.05, 0) is 35.3 Å². The fraction of sp³-hybridized carbons (Fsp3) is 0.100. The van der Waals surface area contributed by atoms with E-state index in [0.717, 1.165) is 16.2 Å². The van der Waals surface area contributed by atoms with Crippen molar-refractivity contribution in [2.45, 2.75) is 0 Å². The van der Waals surface area contributed by atoms with Gasteiger partial charge in [-0.1, -0.05) is 23.7 Å². The van der Waals surface area contributed by atoms with Gasteiger partial charge in [0.25, 0.3) is 0 Å². The van der Waals surface area contributed by atoms with Crippen molar-refractivity contribution in [3.05, 3.63) is 35.5 Å². The van der Waals surface area contributed by atoms with Crippen LogP contribution < -0.4 is 4.74 Å². The van der Waals surface area contributed by atoms with E-state index < -0.39 is 0 Å². The summed E-state index contributed by atoms with van der Waals surface area (Å²) in [7, 11) is 1.65. The second-order valence-electron chi connectivity index (χ2n) is 2.75. The molecule has 1 heterocycles. The molecule has 2 aromatic rings. The fourth-order valence-corrected chi connectivity index (χ4v) is 2.08. The molecule has 0 N–H and O–H groups in total. The molecule has 0 bridgehead atoms. The van der Waals surface area contributed by atoms with Crippen LogP contribution in [0.25, 0.3) is 10.4 Å². The smallest absolute Gasteiger partial charge is 0.143 e. The van der Waals surface area contributed by atoms with E-state index in [9.17, 15) is 0 Å². The molecule has 0 fully saturated rings. The second kappa shape index (κ2) is 3.98. The highest BCUT2D eigenvalue weighted by Gasteiger charge is 2.03. The first-order valence-corrected chi connectivity index (χ1v) is 5.21. The highest BCUT2D eigenvalue weighted by atomic mass is 35.5. The molecule has 72 valence electrons. The summed E-state index contributed by atoms with van der Waals surface area (Å²) in [6.45, 7) is 0. The maximum absolute atomic E-state index is 5.75. The van der Waals surface area contributed by atoms with E-state index in [1.165, 1.54) is 11.5 Å². The molecule has 0 saturated carbocycles. The Morgan fingerprint density at radius 2 is 2.21 bits per heavy atom. The van der Waals surface area contributed by atoms with E-state index in [0.29, 0.717) is 5.15 Å². The Bertz CT molecular complexity index is 441. The number of methoxy groups -OCH3 is 1. The van der Waals surface area contributed by atoms with E-state index in [1.54, 1.807) is 7.11 Å². The minimum atomic E-state index is 0.535. The Labute approximate surface area is 91.3 Å². The van der Waals surface area contributed by atoms with Crippen molar-refractivity contribution in [3.8, 4) is 16.2 Å². The number of nitrogens with zero attached hydrogens (tertiary/aromatic N) is 1. The zero-order valence-corrected chi connectivity index (χ0v) is 9.10. The van der Waals surface area contributed by atoms with Gasteiger partial charge in [0.2, 0.25) is 0 Å². The SMILES string of the molecule is COc1cccc(-c2cc(Cl)ns2)c1. The summed E-state index contributed by atoms with van der Waals surface area (Å²) < 4.78 is 9.15. The number of aromatic nitrogens is 1. The Morgan fingerprint density at radius 3 is 2.86 bits per heavy atom. The van der Waals surface area contributed by atoms with Crippen molar-refractivity contribution >= 4 is 23.1 Å². The number of rotatable bonds is 2. The Hall–Kier alpha value is -1.06. The molecule has 2 rings (SSSR count). The Kier molecular flexibility index (Phi) is 2.70. The van der Waals surface area contributed by atoms with Crippen LogP contribution in [0.5, 0.6) is 5.75 Å². The quantitative estimate of drug-likeness (QED) is 0.781. The average Bonchev–Trinajstić information content (AvgIpc) is 2.65. The highest BCUT2D eigenvalue weighted by Crippen LogP contribution is 2.28. The van der Waals surface area contributed by atoms with Gasteiger partial charge in [0.15, 0.2) is 0 Å². The van der Waals surface area contributed by atoms with Gasteiger partial charge >= 0.3 is 0 Å². The topological polar surface area (TPSA) is 22.1 Å². The third-order valence-corrected chi connectivity index (χ3v) is 2.97. The summed E-state index contributed by atoms with van der Waals surface area (Å²) in [5.41, 5.74) is 1.08. The van der Waals surface area contributed by atoms with E-state index in [2.05, 4.69) is 4.37 Å². The molecular weight excluding hydrogens is 218 g/mol. The first-order chi connectivity index (χ1) is 6.79. The van der Waals surface area contributed by atoms with Crippen molar-refractivity contribution in [3.63, 3.8) is 0 Å². The van der Waals surface area contributed by atoms with Crippen LogP contribution in [-0.2, 0) is 0 Å². The molecule has 0 radical (unpaired) electrons. The monoisotopic (exact) mass is 225 g/mol. The predicted molar refractivity (Wildman–Crippen MR) is 59.1 cm³/mol. The predicted octanol–water partition coefficient (Wildman–Crippen LogP) is 3.47. The zero-order chi connectivity index (χ0) is 9.97. The van der Waals surface area contributed by atoms with Gasteiger partial charge in [0.1, 0.15) is 10.9 Å². The molecule has 2 nitrogen and oxygen atoms in total. The number of hydrogen-bond donors (Lipinski definition) is 0. The minimum Gasteiger partial charge on any atom is -0.497 e. The van der Waals surface area contributed by atoms with E-state index in [1.807, 2.05) is 30.3 Å². The third kappa shape index (κ3) is 1.89. The second-order valence-corrected chi connectivity index (χ2v) is 3.94. The minimum absolute atomic E-state index is 0.535. The molecule has 0 amide bonds. The third-order valence-electron chi connectivity index (χ3n) is 1.84. The van der Waals surface area contributed by atoms with Crippen LogP contribution in [0.4, 0.5) is 0 Å². The van der Waals surface area contributed by atoms with Crippen LogP contribution in [0.2, 0.25) is 5.15 Å². The first-order valence-electron chi connectivity index (χ1n) is 4.06. The lowest BCUT2D eigenvalue weighted by Gasteiger charge is -2.00. The average molecular weight is 226 g/mol. The maximum Gasteiger partial charge on any atom is 0.143 e. The molecule has 1 aromatic carbocycles. The summed E-state index contributed by atoms with van der Waals surface area (Å²) in [6.07, 6.45) is 0. The van der Waals surface area contributed by atoms with Gasteiger partial charge in [0.05, 0.1) is 12.0 Å². The van der Waals surface area contributed by atoms with Crippen molar-refractivity contribution in [1.82, 2.24) is 4.37 Å². The lowest BCUT2D eigenvalue weighted by Crippen LogP contribution is -1.81. The van der Waals surface area contributed by atoms with Gasteiger partial charge < -0.3 is 4.74 Å². The largest absolute Gasteiger partial charge is 0.497 e. The van der Waals surface area contributed by atoms with Gasteiger partial charge in [-0.25, -0.2) is 0 Å². The van der Waals surface area contributed by atoms with Gasteiger partial charge in [-0.2, -0.15) is 4.37 Å². The molecule has 0 atom stereocenters. The van der Waals surface area contributed by atoms with Gasteiger partial charge in [-0.3, -0.25) is 0 Å². The van der Waals surface area contributed by atoms with Gasteiger partial charge in [-0.15, -0.1) is 0 Å². The molecule has 0 spiro atoms. The van der Waals surface area contributed by atoms with Crippen molar-refractivity contribution in [2.75, 3.05) is 7.11 Å². The maximum atomic E-state index is 5.75. The fourth-order valence-electron chi connectivity index (χ4n) is 1.17. The normalized spacial score (nSPS) is 10.1. The molecule has 14 heavy (non-hydrogen) atoms. The van der Waals surface area contributed by atoms with Crippen LogP contribution in [0.3, 0.4) is 0 Å². The van der Waals surface area contributed by atoms with Crippen molar-refractivity contribution in [2.24, 2.45) is 0 Å². The highest BCUT2D eigenvalue weighted by molar-refractivity contribution is 7.09.